The van der Waals surface area contributed by atoms with Gasteiger partial charge in [0.15, 0.2) is 0 Å². The number of thioether (sulfide) groups is 1. The molecule has 1 heterocycles. The van der Waals surface area contributed by atoms with Gasteiger partial charge in [-0.1, -0.05) is 20.3 Å². The van der Waals surface area contributed by atoms with Crippen LogP contribution in [0.25, 0.3) is 0 Å². The zero-order chi connectivity index (χ0) is 8.81. The summed E-state index contributed by atoms with van der Waals surface area (Å²) in [4.78, 5) is 0. The molecule has 1 N–H and O–H groups in total. The van der Waals surface area contributed by atoms with Crippen LogP contribution in [-0.4, -0.2) is 23.6 Å². The van der Waals surface area contributed by atoms with E-state index in [0.29, 0.717) is 0 Å². The fourth-order valence-corrected chi connectivity index (χ4v) is 2.83. The lowest BCUT2D eigenvalue weighted by Gasteiger charge is -2.29. The first kappa shape index (κ1) is 10.4. The number of hydrogen-bond donors (Lipinski definition) is 1. The molecule has 0 aromatic rings. The van der Waals surface area contributed by atoms with E-state index in [1.807, 2.05) is 0 Å². The zero-order valence-electron chi connectivity index (χ0n) is 8.31. The van der Waals surface area contributed by atoms with Gasteiger partial charge in [-0.25, -0.2) is 0 Å². The van der Waals surface area contributed by atoms with Gasteiger partial charge in [-0.2, -0.15) is 11.8 Å². The van der Waals surface area contributed by atoms with Crippen molar-refractivity contribution in [2.45, 2.75) is 50.8 Å². The Bertz CT molecular complexity index is 116. The highest BCUT2D eigenvalue weighted by molar-refractivity contribution is 7.99. The van der Waals surface area contributed by atoms with Crippen molar-refractivity contribution in [3.8, 4) is 0 Å². The van der Waals surface area contributed by atoms with Gasteiger partial charge in [-0.05, 0) is 31.6 Å². The summed E-state index contributed by atoms with van der Waals surface area (Å²) in [7, 11) is 0. The quantitative estimate of drug-likeness (QED) is 0.679. The number of unbranched alkanes of at least 4 members (excludes halogenated alkanes) is 1. The molecule has 2 heteroatoms. The highest BCUT2D eigenvalue weighted by Gasteiger charge is 2.20. The first-order valence-electron chi connectivity index (χ1n) is 5.19. The molecule has 1 fully saturated rings. The first-order valence-corrected chi connectivity index (χ1v) is 6.24. The molecule has 2 atom stereocenters. The molecule has 0 aliphatic carbocycles. The second-order valence-electron chi connectivity index (χ2n) is 3.63. The average Bonchev–Trinajstić information content (AvgIpc) is 2.09. The van der Waals surface area contributed by atoms with Gasteiger partial charge < -0.3 is 5.32 Å². The summed E-state index contributed by atoms with van der Waals surface area (Å²) in [6, 6.07) is 0.787. The van der Waals surface area contributed by atoms with E-state index in [1.54, 1.807) is 0 Å². The van der Waals surface area contributed by atoms with Crippen molar-refractivity contribution in [1.29, 1.82) is 0 Å². The first-order chi connectivity index (χ1) is 5.84. The van der Waals surface area contributed by atoms with Gasteiger partial charge in [0.2, 0.25) is 0 Å². The molecule has 1 saturated heterocycles. The van der Waals surface area contributed by atoms with Crippen LogP contribution in [0, 0.1) is 0 Å². The molecule has 1 aliphatic rings. The van der Waals surface area contributed by atoms with E-state index in [-0.39, 0.29) is 0 Å². The highest BCUT2D eigenvalue weighted by atomic mass is 32.2. The van der Waals surface area contributed by atoms with Gasteiger partial charge in [0.1, 0.15) is 0 Å². The Morgan fingerprint density at radius 1 is 1.50 bits per heavy atom. The molecule has 1 aliphatic heterocycles. The van der Waals surface area contributed by atoms with E-state index in [0.717, 1.165) is 11.3 Å². The summed E-state index contributed by atoms with van der Waals surface area (Å²) >= 11 is 2.12. The van der Waals surface area contributed by atoms with E-state index < -0.39 is 0 Å². The van der Waals surface area contributed by atoms with Gasteiger partial charge in [-0.3, -0.25) is 0 Å². The third-order valence-electron chi connectivity index (χ3n) is 2.54. The van der Waals surface area contributed by atoms with E-state index >= 15 is 0 Å². The van der Waals surface area contributed by atoms with Crippen LogP contribution in [0.3, 0.4) is 0 Å². The van der Waals surface area contributed by atoms with Gasteiger partial charge in [0.25, 0.3) is 0 Å². The van der Waals surface area contributed by atoms with Crippen molar-refractivity contribution in [3.63, 3.8) is 0 Å². The Hall–Kier alpha value is 0.310. The summed E-state index contributed by atoms with van der Waals surface area (Å²) in [6.45, 7) is 5.82. The fourth-order valence-electron chi connectivity index (χ4n) is 1.66. The standard InChI is InChI=1S/C10H21NS/c1-3-4-7-11-10-6-5-8-12-9(10)2/h9-11H,3-8H2,1-2H3. The highest BCUT2D eigenvalue weighted by Crippen LogP contribution is 2.24. The molecular weight excluding hydrogens is 166 g/mol. The molecule has 1 rings (SSSR count). The van der Waals surface area contributed by atoms with Gasteiger partial charge in [-0.15, -0.1) is 0 Å². The minimum atomic E-state index is 0.787. The SMILES string of the molecule is CCCCNC1CCCSC1C. The third-order valence-corrected chi connectivity index (χ3v) is 3.92. The predicted molar refractivity (Wildman–Crippen MR) is 57.9 cm³/mol. The number of nitrogens with one attached hydrogen (secondary N) is 1. The molecule has 2 unspecified atom stereocenters. The molecule has 0 bridgehead atoms. The van der Waals surface area contributed by atoms with Crippen molar-refractivity contribution < 1.29 is 0 Å². The van der Waals surface area contributed by atoms with Crippen molar-refractivity contribution in [3.05, 3.63) is 0 Å². The second-order valence-corrected chi connectivity index (χ2v) is 5.12. The van der Waals surface area contributed by atoms with Crippen LogP contribution in [0.15, 0.2) is 0 Å². The molecule has 0 spiro atoms. The summed E-state index contributed by atoms with van der Waals surface area (Å²) in [6.07, 6.45) is 5.42. The second kappa shape index (κ2) is 5.87. The molecule has 0 saturated carbocycles. The van der Waals surface area contributed by atoms with E-state index in [1.165, 1.54) is 38.0 Å². The molecule has 0 aromatic carbocycles. The van der Waals surface area contributed by atoms with Crippen LogP contribution in [-0.2, 0) is 0 Å². The lowest BCUT2D eigenvalue weighted by atomic mass is 10.1. The monoisotopic (exact) mass is 187 g/mol. The zero-order valence-corrected chi connectivity index (χ0v) is 9.12. The lowest BCUT2D eigenvalue weighted by Crippen LogP contribution is -2.39. The summed E-state index contributed by atoms with van der Waals surface area (Å²) in [5.41, 5.74) is 0. The molecule has 12 heavy (non-hydrogen) atoms. The van der Waals surface area contributed by atoms with Crippen molar-refractivity contribution >= 4 is 11.8 Å². The maximum Gasteiger partial charge on any atom is 0.0184 e. The maximum absolute atomic E-state index is 3.65. The Morgan fingerprint density at radius 2 is 2.33 bits per heavy atom. The minimum absolute atomic E-state index is 0.787. The van der Waals surface area contributed by atoms with Crippen LogP contribution in [0.2, 0.25) is 0 Å². The van der Waals surface area contributed by atoms with Gasteiger partial charge >= 0.3 is 0 Å². The molecule has 0 aromatic heterocycles. The minimum Gasteiger partial charge on any atom is -0.313 e. The molecule has 1 nitrogen and oxygen atoms in total. The Morgan fingerprint density at radius 3 is 3.00 bits per heavy atom. The van der Waals surface area contributed by atoms with Crippen LogP contribution in [0.1, 0.15) is 39.5 Å². The van der Waals surface area contributed by atoms with Crippen LogP contribution >= 0.6 is 11.8 Å². The van der Waals surface area contributed by atoms with Crippen molar-refractivity contribution in [2.75, 3.05) is 12.3 Å². The third kappa shape index (κ3) is 3.36. The normalized spacial score (nSPS) is 30.5. The average molecular weight is 187 g/mol. The fraction of sp³-hybridized carbons (Fsp3) is 1.00. The predicted octanol–water partition coefficient (Wildman–Crippen LogP) is 2.66. The van der Waals surface area contributed by atoms with Gasteiger partial charge in [0.05, 0.1) is 0 Å². The molecule has 0 amide bonds. The summed E-state index contributed by atoms with van der Waals surface area (Å²) < 4.78 is 0. The van der Waals surface area contributed by atoms with Crippen LogP contribution < -0.4 is 5.32 Å². The summed E-state index contributed by atoms with van der Waals surface area (Å²) in [5, 5.41) is 4.48. The topological polar surface area (TPSA) is 12.0 Å². The number of hydrogen-bond acceptors (Lipinski definition) is 2. The smallest absolute Gasteiger partial charge is 0.0184 e. The van der Waals surface area contributed by atoms with Gasteiger partial charge in [0, 0.05) is 11.3 Å². The van der Waals surface area contributed by atoms with Crippen LogP contribution in [0.4, 0.5) is 0 Å². The lowest BCUT2D eigenvalue weighted by molar-refractivity contribution is 0.457. The Labute approximate surface area is 80.7 Å². The van der Waals surface area contributed by atoms with Crippen molar-refractivity contribution in [2.24, 2.45) is 0 Å². The number of rotatable bonds is 4. The van der Waals surface area contributed by atoms with Crippen LogP contribution in [0.5, 0.6) is 0 Å². The van der Waals surface area contributed by atoms with E-state index in [9.17, 15) is 0 Å². The maximum atomic E-state index is 3.65. The molecule has 72 valence electrons. The molecule has 0 radical (unpaired) electrons. The van der Waals surface area contributed by atoms with E-state index in [2.05, 4.69) is 30.9 Å². The molecular formula is C10H21NS. The largest absolute Gasteiger partial charge is 0.313 e. The summed E-state index contributed by atoms with van der Waals surface area (Å²) in [5.74, 6) is 1.37. The van der Waals surface area contributed by atoms with E-state index in [4.69, 9.17) is 0 Å². The Balaban J connectivity index is 2.11. The van der Waals surface area contributed by atoms with Crippen molar-refractivity contribution in [1.82, 2.24) is 5.32 Å². The Kier molecular flexibility index (Phi) is 5.08.